The Hall–Kier alpha value is -4.08. The average Bonchev–Trinajstić information content (AvgIpc) is 3.06. The molecule has 1 heterocycles. The number of Topliss-reactive ketones (excluding diaryl/α,β-unsaturated/α-hetero) is 1. The van der Waals surface area contributed by atoms with Gasteiger partial charge in [0.15, 0.2) is 12.3 Å². The molecule has 0 aliphatic rings. The van der Waals surface area contributed by atoms with E-state index in [0.717, 1.165) is 6.07 Å². The van der Waals surface area contributed by atoms with E-state index in [4.69, 9.17) is 16.2 Å². The lowest BCUT2D eigenvalue weighted by molar-refractivity contribution is -0.116. The fourth-order valence-electron chi connectivity index (χ4n) is 3.18. The van der Waals surface area contributed by atoms with Crippen molar-refractivity contribution in [2.24, 2.45) is 0 Å². The van der Waals surface area contributed by atoms with Crippen molar-refractivity contribution in [2.75, 3.05) is 18.5 Å². The number of nitrogens with one attached hydrogen (secondary N) is 2. The van der Waals surface area contributed by atoms with Gasteiger partial charge >= 0.3 is 0 Å². The van der Waals surface area contributed by atoms with Crippen LogP contribution in [0, 0.1) is 55.2 Å². The first-order chi connectivity index (χ1) is 16.3. The summed E-state index contributed by atoms with van der Waals surface area (Å²) in [5.41, 5.74) is 0.531. The first kappa shape index (κ1) is 26.2. The molecule has 0 bridgehead atoms. The summed E-state index contributed by atoms with van der Waals surface area (Å²) >= 11 is 0.160. The highest BCUT2D eigenvalue weighted by molar-refractivity contribution is 7.88. The first-order valence-electron chi connectivity index (χ1n) is 9.62. The second-order valence-electron chi connectivity index (χ2n) is 6.69. The number of nitrogens with zero attached hydrogens (tertiary/aromatic N) is 2. The average molecular weight is 482 g/mol. The molecule has 0 spiro atoms. The Morgan fingerprint density at radius 3 is 2.68 bits per heavy atom. The number of terminal acetylenes is 1. The third-order valence-electron chi connectivity index (χ3n) is 4.66. The van der Waals surface area contributed by atoms with Gasteiger partial charge in [-0.3, -0.25) is 18.6 Å². The minimum atomic E-state index is -0.931. The molecule has 0 fully saturated rings. The van der Waals surface area contributed by atoms with Crippen molar-refractivity contribution in [3.8, 4) is 30.3 Å². The Bertz CT molecular complexity index is 1280. The van der Waals surface area contributed by atoms with E-state index in [9.17, 15) is 18.8 Å². The van der Waals surface area contributed by atoms with Gasteiger partial charge in [0.2, 0.25) is 0 Å². The van der Waals surface area contributed by atoms with Crippen LogP contribution in [-0.2, 0) is 15.5 Å². The Balaban J connectivity index is 2.33. The van der Waals surface area contributed by atoms with Crippen molar-refractivity contribution in [3.05, 3.63) is 52.1 Å². The quantitative estimate of drug-likeness (QED) is 0.173. The van der Waals surface area contributed by atoms with Gasteiger partial charge in [0, 0.05) is 11.4 Å². The monoisotopic (exact) mass is 482 g/mol. The van der Waals surface area contributed by atoms with Crippen molar-refractivity contribution < 1.29 is 27.5 Å². The maximum absolute atomic E-state index is 13.6. The van der Waals surface area contributed by atoms with Crippen LogP contribution in [-0.4, -0.2) is 39.9 Å². The van der Waals surface area contributed by atoms with Gasteiger partial charge in [0.05, 0.1) is 24.2 Å². The highest BCUT2D eigenvalue weighted by atomic mass is 32.2. The number of rotatable bonds is 8. The van der Waals surface area contributed by atoms with E-state index >= 15 is 0 Å². The molecule has 1 aromatic heterocycles. The molecule has 0 radical (unpaired) electrons. The summed E-state index contributed by atoms with van der Waals surface area (Å²) in [6, 6.07) is 5.20. The van der Waals surface area contributed by atoms with Crippen LogP contribution in [0.4, 0.5) is 10.1 Å². The van der Waals surface area contributed by atoms with Crippen LogP contribution in [0.3, 0.4) is 0 Å². The molecule has 2 rings (SSSR count). The minimum Gasteiger partial charge on any atom is -0.338 e. The molecular weight excluding hydrogens is 463 g/mol. The van der Waals surface area contributed by atoms with Crippen LogP contribution in [0.5, 0.6) is 0 Å². The van der Waals surface area contributed by atoms with E-state index in [1.807, 2.05) is 0 Å². The van der Waals surface area contributed by atoms with E-state index in [1.54, 1.807) is 13.0 Å². The van der Waals surface area contributed by atoms with Crippen LogP contribution in [0.2, 0.25) is 0 Å². The lowest BCUT2D eigenvalue weighted by Gasteiger charge is -2.10. The Morgan fingerprint density at radius 2 is 2.03 bits per heavy atom. The molecule has 1 aromatic carbocycles. The van der Waals surface area contributed by atoms with Gasteiger partial charge in [0.25, 0.3) is 17.6 Å². The number of carbonyl (C=O) groups is 3. The number of aromatic nitrogens is 1. The zero-order valence-corrected chi connectivity index (χ0v) is 19.0. The zero-order chi connectivity index (χ0) is 25.3. The van der Waals surface area contributed by atoms with Crippen LogP contribution in [0.25, 0.3) is 0 Å². The molecule has 34 heavy (non-hydrogen) atoms. The third-order valence-corrected chi connectivity index (χ3v) is 4.88. The Morgan fingerprint density at radius 1 is 1.29 bits per heavy atom. The molecule has 0 aliphatic heterocycles. The number of hydrogen-bond donors (Lipinski definition) is 3. The van der Waals surface area contributed by atoms with E-state index in [1.165, 1.54) is 23.6 Å². The van der Waals surface area contributed by atoms with Crippen LogP contribution in [0.1, 0.15) is 37.7 Å². The molecule has 0 aliphatic carbocycles. The Kier molecular flexibility index (Phi) is 9.42. The first-order valence-corrected chi connectivity index (χ1v) is 10.3. The second kappa shape index (κ2) is 12.2. The van der Waals surface area contributed by atoms with E-state index in [0.29, 0.717) is 5.69 Å². The van der Waals surface area contributed by atoms with E-state index < -0.39 is 23.4 Å². The lowest BCUT2D eigenvalue weighted by atomic mass is 10.0. The smallest absolute Gasteiger partial charge is 0.293 e. The maximum Gasteiger partial charge on any atom is 0.293 e. The summed E-state index contributed by atoms with van der Waals surface area (Å²) in [7, 11) is 0. The molecule has 11 heteroatoms. The molecule has 2 amide bonds. The van der Waals surface area contributed by atoms with Gasteiger partial charge in [0.1, 0.15) is 24.2 Å². The molecule has 174 valence electrons. The van der Waals surface area contributed by atoms with Crippen molar-refractivity contribution in [1.82, 2.24) is 9.88 Å². The van der Waals surface area contributed by atoms with Crippen molar-refractivity contribution in [2.45, 2.75) is 20.4 Å². The van der Waals surface area contributed by atoms with Gasteiger partial charge in [-0.25, -0.2) is 4.39 Å². The van der Waals surface area contributed by atoms with E-state index in [-0.39, 0.29) is 60.1 Å². The number of hydrogen-bond acceptors (Lipinski definition) is 7. The SMILES string of the molecule is C#CCn1c(C)c(C(=O)C(=O)NCC#CCOSO)c(C)c1C(=O)Nc1ccc(F)c(C#N)c1. The molecule has 0 unspecified atom stereocenters. The molecule has 3 N–H and O–H groups in total. The maximum atomic E-state index is 13.6. The highest BCUT2D eigenvalue weighted by Gasteiger charge is 2.29. The third kappa shape index (κ3) is 6.03. The summed E-state index contributed by atoms with van der Waals surface area (Å²) in [5, 5.41) is 13.9. The largest absolute Gasteiger partial charge is 0.338 e. The van der Waals surface area contributed by atoms with Gasteiger partial charge in [-0.2, -0.15) is 5.26 Å². The summed E-state index contributed by atoms with van der Waals surface area (Å²) in [5.74, 6) is 4.29. The normalized spacial score (nSPS) is 9.82. The number of nitriles is 1. The van der Waals surface area contributed by atoms with Crippen LogP contribution in [0.15, 0.2) is 18.2 Å². The van der Waals surface area contributed by atoms with Crippen LogP contribution >= 0.6 is 12.3 Å². The predicted molar refractivity (Wildman–Crippen MR) is 123 cm³/mol. The lowest BCUT2D eigenvalue weighted by Crippen LogP contribution is -2.32. The number of halogens is 1. The number of anilines is 1. The zero-order valence-electron chi connectivity index (χ0n) is 18.2. The fourth-order valence-corrected chi connectivity index (χ4v) is 3.29. The van der Waals surface area contributed by atoms with Gasteiger partial charge < -0.3 is 19.8 Å². The molecule has 9 nitrogen and oxygen atoms in total. The molecule has 0 saturated heterocycles. The molecule has 2 aromatic rings. The van der Waals surface area contributed by atoms with Crippen molar-refractivity contribution >= 4 is 35.6 Å². The van der Waals surface area contributed by atoms with Gasteiger partial charge in [-0.05, 0) is 37.6 Å². The second-order valence-corrected chi connectivity index (χ2v) is 7.07. The van der Waals surface area contributed by atoms with Crippen LogP contribution < -0.4 is 10.6 Å². The van der Waals surface area contributed by atoms with Crippen molar-refractivity contribution in [1.29, 1.82) is 5.26 Å². The topological polar surface area (TPSA) is 133 Å². The number of ketones is 1. The number of benzene rings is 1. The standard InChI is InChI=1S/C23H19FN4O5S/c1-4-10-28-15(3)19(21(29)23(31)26-9-5-6-11-33-34-32)14(2)20(28)22(30)27-17-7-8-18(24)16(12-17)13-25/h1,7-8,12,32H,9-11H2,2-3H3,(H,26,31)(H,27,30). The van der Waals surface area contributed by atoms with E-state index in [2.05, 4.69) is 32.6 Å². The molecular formula is C23H19FN4O5S. The predicted octanol–water partition coefficient (Wildman–Crippen LogP) is 2.44. The highest BCUT2D eigenvalue weighted by Crippen LogP contribution is 2.24. The summed E-state index contributed by atoms with van der Waals surface area (Å²) in [6.45, 7) is 2.81. The number of carbonyl (C=O) groups excluding carboxylic acids is 3. The number of amides is 2. The van der Waals surface area contributed by atoms with Gasteiger partial charge in [-0.1, -0.05) is 17.8 Å². The summed E-state index contributed by atoms with van der Waals surface area (Å²) in [4.78, 5) is 38.2. The minimum absolute atomic E-state index is 0.0164. The summed E-state index contributed by atoms with van der Waals surface area (Å²) in [6.07, 6.45) is 5.43. The Labute approximate surface area is 199 Å². The van der Waals surface area contributed by atoms with Gasteiger partial charge in [-0.15, -0.1) is 6.42 Å². The molecule has 0 atom stereocenters. The summed E-state index contributed by atoms with van der Waals surface area (Å²) < 4.78 is 28.0. The molecule has 0 saturated carbocycles. The van der Waals surface area contributed by atoms with Crippen molar-refractivity contribution in [3.63, 3.8) is 0 Å². The fraction of sp³-hybridized carbons (Fsp3) is 0.217.